The first-order chi connectivity index (χ1) is 8.04. The van der Waals surface area contributed by atoms with E-state index in [2.05, 4.69) is 5.32 Å². The zero-order valence-electron chi connectivity index (χ0n) is 10.3. The standard InChI is InChI=1S/C10H12O4.C2H7N/c1-14-9(10(12)13)6-7-2-4-8(11)5-3-7;1-3-2/h2-5,9,11H,6H2,1H3,(H,12,13);3H,1-2H3. The number of phenols is 1. The quantitative estimate of drug-likeness (QED) is 0.729. The SMILES string of the molecule is CNC.COC(Cc1ccc(O)cc1)C(=O)O. The van der Waals surface area contributed by atoms with Crippen molar-refractivity contribution in [1.82, 2.24) is 5.32 Å². The number of benzene rings is 1. The van der Waals surface area contributed by atoms with Crippen molar-refractivity contribution >= 4 is 5.97 Å². The Labute approximate surface area is 101 Å². The molecular formula is C12H19NO4. The van der Waals surface area contributed by atoms with Gasteiger partial charge in [-0.1, -0.05) is 12.1 Å². The molecule has 0 aliphatic heterocycles. The van der Waals surface area contributed by atoms with Crippen molar-refractivity contribution < 1.29 is 19.7 Å². The topological polar surface area (TPSA) is 78.8 Å². The van der Waals surface area contributed by atoms with Crippen LogP contribution < -0.4 is 5.32 Å². The lowest BCUT2D eigenvalue weighted by Gasteiger charge is -2.09. The minimum atomic E-state index is -0.986. The fraction of sp³-hybridized carbons (Fsp3) is 0.417. The summed E-state index contributed by atoms with van der Waals surface area (Å²) in [5, 5.41) is 20.5. The molecule has 17 heavy (non-hydrogen) atoms. The van der Waals surface area contributed by atoms with Gasteiger partial charge in [0, 0.05) is 13.5 Å². The van der Waals surface area contributed by atoms with Gasteiger partial charge in [-0.2, -0.15) is 0 Å². The average molecular weight is 241 g/mol. The Bertz CT molecular complexity index is 324. The van der Waals surface area contributed by atoms with Crippen LogP contribution in [0.1, 0.15) is 5.56 Å². The summed E-state index contributed by atoms with van der Waals surface area (Å²) in [6.45, 7) is 0. The van der Waals surface area contributed by atoms with E-state index >= 15 is 0 Å². The second-order valence-corrected chi connectivity index (χ2v) is 3.43. The van der Waals surface area contributed by atoms with Gasteiger partial charge in [0.15, 0.2) is 6.10 Å². The molecule has 1 rings (SSSR count). The number of ether oxygens (including phenoxy) is 1. The lowest BCUT2D eigenvalue weighted by molar-refractivity contribution is -0.148. The summed E-state index contributed by atoms with van der Waals surface area (Å²) in [6, 6.07) is 6.38. The summed E-state index contributed by atoms with van der Waals surface area (Å²) in [5.41, 5.74) is 0.817. The predicted molar refractivity (Wildman–Crippen MR) is 65.2 cm³/mol. The van der Waals surface area contributed by atoms with Gasteiger partial charge in [-0.3, -0.25) is 0 Å². The average Bonchev–Trinajstić information content (AvgIpc) is 2.29. The molecule has 1 atom stereocenters. The monoisotopic (exact) mass is 241 g/mol. The van der Waals surface area contributed by atoms with Crippen molar-refractivity contribution in [1.29, 1.82) is 0 Å². The Morgan fingerprint density at radius 2 is 1.82 bits per heavy atom. The number of hydrogen-bond donors (Lipinski definition) is 3. The summed E-state index contributed by atoms with van der Waals surface area (Å²) in [7, 11) is 5.11. The van der Waals surface area contributed by atoms with Gasteiger partial charge in [-0.05, 0) is 31.8 Å². The molecule has 0 aliphatic rings. The van der Waals surface area contributed by atoms with E-state index in [1.54, 1.807) is 12.1 Å². The second-order valence-electron chi connectivity index (χ2n) is 3.43. The van der Waals surface area contributed by atoms with Gasteiger partial charge in [0.25, 0.3) is 0 Å². The smallest absolute Gasteiger partial charge is 0.333 e. The molecule has 0 saturated carbocycles. The summed E-state index contributed by atoms with van der Waals surface area (Å²) < 4.78 is 4.78. The van der Waals surface area contributed by atoms with E-state index in [1.807, 2.05) is 14.1 Å². The number of hydrogen-bond acceptors (Lipinski definition) is 4. The van der Waals surface area contributed by atoms with Crippen molar-refractivity contribution in [3.05, 3.63) is 29.8 Å². The molecule has 1 aromatic carbocycles. The molecule has 5 heteroatoms. The summed E-state index contributed by atoms with van der Waals surface area (Å²) in [6.07, 6.45) is -0.536. The molecule has 0 spiro atoms. The molecule has 0 radical (unpaired) electrons. The van der Waals surface area contributed by atoms with Gasteiger partial charge >= 0.3 is 5.97 Å². The van der Waals surface area contributed by atoms with Crippen molar-refractivity contribution in [3.8, 4) is 5.75 Å². The van der Waals surface area contributed by atoms with Gasteiger partial charge in [0.2, 0.25) is 0 Å². The lowest BCUT2D eigenvalue weighted by atomic mass is 10.1. The second kappa shape index (κ2) is 8.55. The zero-order chi connectivity index (χ0) is 13.3. The molecule has 0 heterocycles. The number of carboxylic acid groups (broad SMARTS) is 1. The van der Waals surface area contributed by atoms with Crippen molar-refractivity contribution in [2.24, 2.45) is 0 Å². The molecule has 0 aromatic heterocycles. The number of aromatic hydroxyl groups is 1. The highest BCUT2D eigenvalue weighted by atomic mass is 16.5. The van der Waals surface area contributed by atoms with Crippen LogP contribution in [0.4, 0.5) is 0 Å². The fourth-order valence-electron chi connectivity index (χ4n) is 1.12. The highest BCUT2D eigenvalue weighted by Crippen LogP contribution is 2.12. The molecule has 96 valence electrons. The van der Waals surface area contributed by atoms with E-state index in [9.17, 15) is 4.79 Å². The van der Waals surface area contributed by atoms with Crippen molar-refractivity contribution in [2.75, 3.05) is 21.2 Å². The van der Waals surface area contributed by atoms with E-state index in [0.717, 1.165) is 5.56 Å². The molecular weight excluding hydrogens is 222 g/mol. The molecule has 1 aromatic rings. The van der Waals surface area contributed by atoms with E-state index in [-0.39, 0.29) is 5.75 Å². The van der Waals surface area contributed by atoms with Crippen LogP contribution in [-0.2, 0) is 16.0 Å². The fourth-order valence-corrected chi connectivity index (χ4v) is 1.12. The van der Waals surface area contributed by atoms with Crippen LogP contribution in [0.15, 0.2) is 24.3 Å². The number of methoxy groups -OCH3 is 1. The maximum Gasteiger partial charge on any atom is 0.333 e. The third kappa shape index (κ3) is 6.55. The largest absolute Gasteiger partial charge is 0.508 e. The summed E-state index contributed by atoms with van der Waals surface area (Å²) in [5.74, 6) is -0.821. The lowest BCUT2D eigenvalue weighted by Crippen LogP contribution is -2.24. The maximum atomic E-state index is 10.6. The summed E-state index contributed by atoms with van der Waals surface area (Å²) >= 11 is 0. The van der Waals surface area contributed by atoms with Crippen LogP contribution in [-0.4, -0.2) is 43.5 Å². The van der Waals surface area contributed by atoms with Gasteiger partial charge in [-0.25, -0.2) is 4.79 Å². The van der Waals surface area contributed by atoms with E-state index in [1.165, 1.54) is 19.2 Å². The first kappa shape index (κ1) is 15.4. The third-order valence-electron chi connectivity index (χ3n) is 1.92. The number of nitrogens with one attached hydrogen (secondary N) is 1. The Balaban J connectivity index is 0.000000770. The Kier molecular flexibility index (Phi) is 7.75. The third-order valence-corrected chi connectivity index (χ3v) is 1.92. The number of rotatable bonds is 4. The number of phenolic OH excluding ortho intramolecular Hbond substituents is 1. The van der Waals surface area contributed by atoms with E-state index < -0.39 is 12.1 Å². The molecule has 3 N–H and O–H groups in total. The normalized spacial score (nSPS) is 11.2. The van der Waals surface area contributed by atoms with Gasteiger partial charge < -0.3 is 20.3 Å². The Hall–Kier alpha value is -1.59. The van der Waals surface area contributed by atoms with Crippen LogP contribution >= 0.6 is 0 Å². The Morgan fingerprint density at radius 3 is 2.18 bits per heavy atom. The first-order valence-electron chi connectivity index (χ1n) is 5.17. The molecule has 1 unspecified atom stereocenters. The number of carbonyl (C=O) groups is 1. The predicted octanol–water partition coefficient (Wildman–Crippen LogP) is 0.870. The molecule has 5 nitrogen and oxygen atoms in total. The van der Waals surface area contributed by atoms with Gasteiger partial charge in [-0.15, -0.1) is 0 Å². The van der Waals surface area contributed by atoms with Crippen LogP contribution in [0.25, 0.3) is 0 Å². The number of carboxylic acids is 1. The first-order valence-corrected chi connectivity index (χ1v) is 5.17. The summed E-state index contributed by atoms with van der Waals surface area (Å²) in [4.78, 5) is 10.6. The molecule has 0 saturated heterocycles. The molecule has 0 aliphatic carbocycles. The minimum absolute atomic E-state index is 0.165. The van der Waals surface area contributed by atoms with Gasteiger partial charge in [0.1, 0.15) is 5.75 Å². The van der Waals surface area contributed by atoms with Crippen LogP contribution in [0, 0.1) is 0 Å². The van der Waals surface area contributed by atoms with Crippen molar-refractivity contribution in [2.45, 2.75) is 12.5 Å². The highest BCUT2D eigenvalue weighted by molar-refractivity contribution is 5.72. The Morgan fingerprint density at radius 1 is 1.35 bits per heavy atom. The van der Waals surface area contributed by atoms with E-state index in [0.29, 0.717) is 6.42 Å². The van der Waals surface area contributed by atoms with E-state index in [4.69, 9.17) is 14.9 Å². The molecule has 0 fully saturated rings. The zero-order valence-corrected chi connectivity index (χ0v) is 10.3. The van der Waals surface area contributed by atoms with Crippen LogP contribution in [0.5, 0.6) is 5.75 Å². The van der Waals surface area contributed by atoms with Gasteiger partial charge in [0.05, 0.1) is 0 Å². The maximum absolute atomic E-state index is 10.6. The van der Waals surface area contributed by atoms with Crippen LogP contribution in [0.2, 0.25) is 0 Å². The van der Waals surface area contributed by atoms with Crippen LogP contribution in [0.3, 0.4) is 0 Å². The highest BCUT2D eigenvalue weighted by Gasteiger charge is 2.16. The molecule has 0 bridgehead atoms. The van der Waals surface area contributed by atoms with Crippen molar-refractivity contribution in [3.63, 3.8) is 0 Å². The molecule has 0 amide bonds. The number of aliphatic carboxylic acids is 1. The minimum Gasteiger partial charge on any atom is -0.508 e.